The van der Waals surface area contributed by atoms with Crippen molar-refractivity contribution in [3.63, 3.8) is 0 Å². The van der Waals surface area contributed by atoms with Crippen molar-refractivity contribution in [1.82, 2.24) is 19.8 Å². The molecule has 0 aromatic rings. The molecule has 2 heterocycles. The maximum Gasteiger partial charge on any atom is 0.211 e. The summed E-state index contributed by atoms with van der Waals surface area (Å²) in [5.41, 5.74) is 0. The molecular weight excluding hydrogens is 477 g/mol. The van der Waals surface area contributed by atoms with E-state index in [1.54, 1.807) is 11.4 Å². The number of hydrogen-bond donors (Lipinski definition) is 2. The molecule has 160 valence electrons. The number of likely N-dealkylation sites (tertiary alicyclic amines) is 1. The summed E-state index contributed by atoms with van der Waals surface area (Å²) in [6.07, 6.45) is 8.35. The quantitative estimate of drug-likeness (QED) is 0.307. The zero-order valence-electron chi connectivity index (χ0n) is 17.1. The predicted octanol–water partition coefficient (Wildman–Crippen LogP) is 1.71. The van der Waals surface area contributed by atoms with Crippen LogP contribution < -0.4 is 10.6 Å². The Morgan fingerprint density at radius 1 is 1.11 bits per heavy atom. The third-order valence-electron chi connectivity index (χ3n) is 5.74. The van der Waals surface area contributed by atoms with Gasteiger partial charge in [-0.25, -0.2) is 12.7 Å². The Kier molecular flexibility index (Phi) is 11.5. The lowest BCUT2D eigenvalue weighted by Crippen LogP contribution is -2.47. The molecule has 2 N–H and O–H groups in total. The minimum absolute atomic E-state index is 0. The second-order valence-electron chi connectivity index (χ2n) is 7.58. The SMILES string of the molecule is CCC1CCCCN1CCNC(=NC)NCC1CCN(S(C)(=O)=O)CC1.I. The molecule has 27 heavy (non-hydrogen) atoms. The number of nitrogens with zero attached hydrogens (tertiary/aromatic N) is 3. The minimum atomic E-state index is -3.04. The lowest BCUT2D eigenvalue weighted by molar-refractivity contribution is 0.147. The summed E-state index contributed by atoms with van der Waals surface area (Å²) < 4.78 is 24.7. The van der Waals surface area contributed by atoms with Crippen molar-refractivity contribution < 1.29 is 8.42 Å². The fourth-order valence-corrected chi connectivity index (χ4v) is 4.92. The van der Waals surface area contributed by atoms with E-state index in [9.17, 15) is 8.42 Å². The standard InChI is InChI=1S/C18H37N5O2S.HI/c1-4-17-7-5-6-11-22(17)14-10-20-18(19-2)21-15-16-8-12-23(13-9-16)26(3,24)25;/h16-17H,4-15H2,1-3H3,(H2,19,20,21);1H. The van der Waals surface area contributed by atoms with E-state index in [-0.39, 0.29) is 24.0 Å². The summed E-state index contributed by atoms with van der Waals surface area (Å²) in [6, 6.07) is 0.737. The van der Waals surface area contributed by atoms with Gasteiger partial charge in [0.25, 0.3) is 0 Å². The van der Waals surface area contributed by atoms with Crippen LogP contribution in [0, 0.1) is 5.92 Å². The Morgan fingerprint density at radius 3 is 2.41 bits per heavy atom. The number of rotatable bonds is 7. The van der Waals surface area contributed by atoms with Gasteiger partial charge >= 0.3 is 0 Å². The normalized spacial score (nSPS) is 23.7. The fraction of sp³-hybridized carbons (Fsp3) is 0.944. The zero-order chi connectivity index (χ0) is 19.0. The first-order chi connectivity index (χ1) is 12.4. The van der Waals surface area contributed by atoms with Gasteiger partial charge in [0.2, 0.25) is 10.0 Å². The van der Waals surface area contributed by atoms with Crippen LogP contribution >= 0.6 is 24.0 Å². The molecule has 0 spiro atoms. The number of piperidine rings is 2. The molecule has 0 aromatic carbocycles. The lowest BCUT2D eigenvalue weighted by Gasteiger charge is -2.35. The first-order valence-electron chi connectivity index (χ1n) is 10.1. The van der Waals surface area contributed by atoms with Crippen LogP contribution in [0.15, 0.2) is 4.99 Å². The van der Waals surface area contributed by atoms with E-state index in [1.165, 1.54) is 38.5 Å². The average molecular weight is 516 g/mol. The van der Waals surface area contributed by atoms with Crippen LogP contribution in [-0.4, -0.2) is 82.2 Å². The van der Waals surface area contributed by atoms with Crippen LogP contribution in [0.25, 0.3) is 0 Å². The van der Waals surface area contributed by atoms with Gasteiger partial charge in [-0.1, -0.05) is 13.3 Å². The molecule has 0 bridgehead atoms. The van der Waals surface area contributed by atoms with Crippen LogP contribution in [0.5, 0.6) is 0 Å². The topological polar surface area (TPSA) is 77.0 Å². The zero-order valence-corrected chi connectivity index (χ0v) is 20.3. The summed E-state index contributed by atoms with van der Waals surface area (Å²) in [5, 5.41) is 6.83. The Labute approximate surface area is 182 Å². The van der Waals surface area contributed by atoms with E-state index < -0.39 is 10.0 Å². The Morgan fingerprint density at radius 2 is 1.81 bits per heavy atom. The van der Waals surface area contributed by atoms with Crippen molar-refractivity contribution >= 4 is 40.0 Å². The van der Waals surface area contributed by atoms with E-state index in [2.05, 4.69) is 27.4 Å². The van der Waals surface area contributed by atoms with E-state index in [4.69, 9.17) is 0 Å². The highest BCUT2D eigenvalue weighted by Crippen LogP contribution is 2.19. The van der Waals surface area contributed by atoms with Gasteiger partial charge in [0.15, 0.2) is 5.96 Å². The first kappa shape index (κ1) is 24.9. The van der Waals surface area contributed by atoms with Crippen molar-refractivity contribution in [2.45, 2.75) is 51.5 Å². The number of hydrogen-bond acceptors (Lipinski definition) is 4. The Bertz CT molecular complexity index is 550. The molecule has 2 saturated heterocycles. The Hall–Kier alpha value is -0.130. The van der Waals surface area contributed by atoms with E-state index in [0.29, 0.717) is 19.0 Å². The monoisotopic (exact) mass is 515 g/mol. The molecule has 0 saturated carbocycles. The molecule has 7 nitrogen and oxygen atoms in total. The summed E-state index contributed by atoms with van der Waals surface area (Å²) >= 11 is 0. The molecular formula is C18H38IN5O2S. The van der Waals surface area contributed by atoms with Gasteiger partial charge < -0.3 is 10.6 Å². The van der Waals surface area contributed by atoms with E-state index in [0.717, 1.165) is 44.5 Å². The van der Waals surface area contributed by atoms with Crippen LogP contribution in [0.1, 0.15) is 45.4 Å². The molecule has 0 radical (unpaired) electrons. The van der Waals surface area contributed by atoms with Crippen molar-refractivity contribution in [2.75, 3.05) is 52.6 Å². The van der Waals surface area contributed by atoms with Crippen LogP contribution in [0.2, 0.25) is 0 Å². The molecule has 1 atom stereocenters. The first-order valence-corrected chi connectivity index (χ1v) is 11.9. The number of guanidine groups is 1. The highest BCUT2D eigenvalue weighted by Gasteiger charge is 2.25. The number of halogens is 1. The largest absolute Gasteiger partial charge is 0.356 e. The molecule has 0 amide bonds. The second-order valence-corrected chi connectivity index (χ2v) is 9.56. The molecule has 0 aliphatic carbocycles. The summed E-state index contributed by atoms with van der Waals surface area (Å²) in [5.74, 6) is 1.35. The van der Waals surface area contributed by atoms with E-state index in [1.807, 2.05) is 0 Å². The third-order valence-corrected chi connectivity index (χ3v) is 7.04. The molecule has 2 aliphatic rings. The molecule has 2 aliphatic heterocycles. The minimum Gasteiger partial charge on any atom is -0.356 e. The summed E-state index contributed by atoms with van der Waals surface area (Å²) in [4.78, 5) is 6.92. The van der Waals surface area contributed by atoms with Gasteiger partial charge in [-0.2, -0.15) is 0 Å². The molecule has 1 unspecified atom stereocenters. The van der Waals surface area contributed by atoms with E-state index >= 15 is 0 Å². The van der Waals surface area contributed by atoms with Gasteiger partial charge in [-0.05, 0) is 44.6 Å². The highest BCUT2D eigenvalue weighted by atomic mass is 127. The van der Waals surface area contributed by atoms with Gasteiger partial charge in [-0.3, -0.25) is 9.89 Å². The van der Waals surface area contributed by atoms with Crippen molar-refractivity contribution in [3.8, 4) is 0 Å². The predicted molar refractivity (Wildman–Crippen MR) is 123 cm³/mol. The van der Waals surface area contributed by atoms with Crippen LogP contribution in [-0.2, 0) is 10.0 Å². The molecule has 2 rings (SSSR count). The van der Waals surface area contributed by atoms with Gasteiger partial charge in [-0.15, -0.1) is 24.0 Å². The number of sulfonamides is 1. The van der Waals surface area contributed by atoms with Crippen molar-refractivity contribution in [2.24, 2.45) is 10.9 Å². The van der Waals surface area contributed by atoms with Crippen LogP contribution in [0.4, 0.5) is 0 Å². The van der Waals surface area contributed by atoms with Crippen LogP contribution in [0.3, 0.4) is 0 Å². The maximum atomic E-state index is 11.6. The number of nitrogens with one attached hydrogen (secondary N) is 2. The summed E-state index contributed by atoms with van der Waals surface area (Å²) in [7, 11) is -1.24. The van der Waals surface area contributed by atoms with Crippen molar-refractivity contribution in [3.05, 3.63) is 0 Å². The summed E-state index contributed by atoms with van der Waals surface area (Å²) in [6.45, 7) is 7.57. The molecule has 0 aromatic heterocycles. The molecule has 9 heteroatoms. The fourth-order valence-electron chi connectivity index (χ4n) is 4.04. The smallest absolute Gasteiger partial charge is 0.211 e. The molecule has 2 fully saturated rings. The third kappa shape index (κ3) is 8.41. The second kappa shape index (κ2) is 12.4. The maximum absolute atomic E-state index is 11.6. The van der Waals surface area contributed by atoms with Gasteiger partial charge in [0, 0.05) is 45.8 Å². The average Bonchev–Trinajstić information content (AvgIpc) is 2.64. The number of aliphatic imine (C=N–C) groups is 1. The Balaban J connectivity index is 0.00000364. The van der Waals surface area contributed by atoms with Gasteiger partial charge in [0.1, 0.15) is 0 Å². The lowest BCUT2D eigenvalue weighted by atomic mass is 9.98. The highest BCUT2D eigenvalue weighted by molar-refractivity contribution is 14.0. The van der Waals surface area contributed by atoms with Crippen molar-refractivity contribution in [1.29, 1.82) is 0 Å². The van der Waals surface area contributed by atoms with Gasteiger partial charge in [0.05, 0.1) is 6.26 Å².